The van der Waals surface area contributed by atoms with Crippen molar-refractivity contribution in [1.82, 2.24) is 0 Å². The van der Waals surface area contributed by atoms with Crippen LogP contribution in [0.2, 0.25) is 0 Å². The van der Waals surface area contributed by atoms with Crippen molar-refractivity contribution in [3.8, 4) is 11.5 Å². The molecule has 0 fully saturated rings. The standard InChI is InChI=1S/C17H18N2O4/c1-22-15-8-3-2-5-12(15)9-17(21)19-13-6-4-7-14(10-13)23-11-16(18)20/h2-8,10H,9,11H2,1H3,(H2,18,20)(H,19,21). The lowest BCUT2D eigenvalue weighted by Gasteiger charge is -2.10. The number of hydrogen-bond acceptors (Lipinski definition) is 4. The average molecular weight is 314 g/mol. The van der Waals surface area contributed by atoms with Gasteiger partial charge in [-0.2, -0.15) is 0 Å². The number of para-hydroxylation sites is 1. The minimum atomic E-state index is -0.560. The van der Waals surface area contributed by atoms with E-state index in [1.54, 1.807) is 37.4 Å². The zero-order valence-electron chi connectivity index (χ0n) is 12.7. The van der Waals surface area contributed by atoms with Crippen molar-refractivity contribution < 1.29 is 19.1 Å². The molecule has 0 spiro atoms. The number of hydrogen-bond donors (Lipinski definition) is 2. The summed E-state index contributed by atoms with van der Waals surface area (Å²) >= 11 is 0. The second-order valence-electron chi connectivity index (χ2n) is 4.82. The quantitative estimate of drug-likeness (QED) is 0.814. The van der Waals surface area contributed by atoms with Gasteiger partial charge in [-0.05, 0) is 18.2 Å². The molecule has 3 N–H and O–H groups in total. The zero-order valence-corrected chi connectivity index (χ0v) is 12.7. The Kier molecular flexibility index (Phi) is 5.57. The monoisotopic (exact) mass is 314 g/mol. The highest BCUT2D eigenvalue weighted by Crippen LogP contribution is 2.20. The Balaban J connectivity index is 2.00. The van der Waals surface area contributed by atoms with Gasteiger partial charge in [0.25, 0.3) is 5.91 Å². The first-order valence-electron chi connectivity index (χ1n) is 7.01. The number of methoxy groups -OCH3 is 1. The van der Waals surface area contributed by atoms with E-state index in [0.717, 1.165) is 5.56 Å². The van der Waals surface area contributed by atoms with Crippen molar-refractivity contribution >= 4 is 17.5 Å². The highest BCUT2D eigenvalue weighted by atomic mass is 16.5. The molecule has 2 aromatic rings. The van der Waals surface area contributed by atoms with Crippen LogP contribution in [-0.2, 0) is 16.0 Å². The summed E-state index contributed by atoms with van der Waals surface area (Å²) < 4.78 is 10.4. The number of nitrogens with two attached hydrogens (primary N) is 1. The number of rotatable bonds is 7. The first-order valence-corrected chi connectivity index (χ1v) is 7.01. The van der Waals surface area contributed by atoms with E-state index in [0.29, 0.717) is 17.2 Å². The fraction of sp³-hybridized carbons (Fsp3) is 0.176. The van der Waals surface area contributed by atoms with E-state index in [1.165, 1.54) is 0 Å². The summed E-state index contributed by atoms with van der Waals surface area (Å²) in [6.07, 6.45) is 0.191. The fourth-order valence-corrected chi connectivity index (χ4v) is 2.05. The van der Waals surface area contributed by atoms with Gasteiger partial charge in [-0.25, -0.2) is 0 Å². The smallest absolute Gasteiger partial charge is 0.255 e. The summed E-state index contributed by atoms with van der Waals surface area (Å²) in [6, 6.07) is 14.1. The molecule has 0 heterocycles. The van der Waals surface area contributed by atoms with Gasteiger partial charge in [0.15, 0.2) is 6.61 Å². The van der Waals surface area contributed by atoms with Crippen LogP contribution in [0.5, 0.6) is 11.5 Å². The minimum Gasteiger partial charge on any atom is -0.496 e. The highest BCUT2D eigenvalue weighted by Gasteiger charge is 2.09. The number of primary amides is 1. The van der Waals surface area contributed by atoms with Crippen molar-refractivity contribution in [2.24, 2.45) is 5.73 Å². The minimum absolute atomic E-state index is 0.179. The second kappa shape index (κ2) is 7.84. The lowest BCUT2D eigenvalue weighted by molar-refractivity contribution is -0.120. The molecular formula is C17H18N2O4. The topological polar surface area (TPSA) is 90.7 Å². The van der Waals surface area contributed by atoms with E-state index in [1.807, 2.05) is 18.2 Å². The van der Waals surface area contributed by atoms with Crippen molar-refractivity contribution in [3.63, 3.8) is 0 Å². The van der Waals surface area contributed by atoms with Crippen LogP contribution in [0.25, 0.3) is 0 Å². The Labute approximate surface area is 134 Å². The molecule has 23 heavy (non-hydrogen) atoms. The molecule has 2 amide bonds. The van der Waals surface area contributed by atoms with Gasteiger partial charge in [0.2, 0.25) is 5.91 Å². The Bertz CT molecular complexity index is 700. The van der Waals surface area contributed by atoms with Crippen molar-refractivity contribution in [1.29, 1.82) is 0 Å². The third kappa shape index (κ3) is 5.03. The molecule has 0 bridgehead atoms. The number of benzene rings is 2. The maximum atomic E-state index is 12.1. The average Bonchev–Trinajstić information content (AvgIpc) is 2.53. The number of ether oxygens (including phenoxy) is 2. The van der Waals surface area contributed by atoms with Crippen molar-refractivity contribution in [2.75, 3.05) is 19.0 Å². The van der Waals surface area contributed by atoms with Gasteiger partial charge in [-0.1, -0.05) is 24.3 Å². The van der Waals surface area contributed by atoms with Gasteiger partial charge in [-0.15, -0.1) is 0 Å². The van der Waals surface area contributed by atoms with Gasteiger partial charge >= 0.3 is 0 Å². The molecular weight excluding hydrogens is 296 g/mol. The molecule has 2 rings (SSSR count). The summed E-state index contributed by atoms with van der Waals surface area (Å²) in [5.74, 6) is 0.386. The highest BCUT2D eigenvalue weighted by molar-refractivity contribution is 5.92. The molecule has 2 aromatic carbocycles. The number of amides is 2. The Morgan fingerprint density at radius 1 is 1.13 bits per heavy atom. The van der Waals surface area contributed by atoms with E-state index in [2.05, 4.69) is 5.32 Å². The molecule has 0 saturated heterocycles. The van der Waals surface area contributed by atoms with E-state index >= 15 is 0 Å². The largest absolute Gasteiger partial charge is 0.496 e. The normalized spacial score (nSPS) is 9.96. The number of anilines is 1. The predicted molar refractivity (Wildman–Crippen MR) is 86.5 cm³/mol. The molecule has 0 unspecified atom stereocenters. The molecule has 0 saturated carbocycles. The number of carbonyl (C=O) groups is 2. The van der Waals surface area contributed by atoms with E-state index in [-0.39, 0.29) is 18.9 Å². The van der Waals surface area contributed by atoms with E-state index in [4.69, 9.17) is 15.2 Å². The van der Waals surface area contributed by atoms with E-state index in [9.17, 15) is 9.59 Å². The molecule has 0 aromatic heterocycles. The summed E-state index contributed by atoms with van der Waals surface area (Å²) in [5, 5.41) is 2.78. The lowest BCUT2D eigenvalue weighted by atomic mass is 10.1. The summed E-state index contributed by atoms with van der Waals surface area (Å²) in [6.45, 7) is -0.210. The fourth-order valence-electron chi connectivity index (χ4n) is 2.05. The molecule has 0 aliphatic heterocycles. The molecule has 6 nitrogen and oxygen atoms in total. The Hall–Kier alpha value is -3.02. The number of nitrogens with one attached hydrogen (secondary N) is 1. The van der Waals surface area contributed by atoms with Gasteiger partial charge in [0, 0.05) is 17.3 Å². The molecule has 0 radical (unpaired) electrons. The molecule has 120 valence electrons. The van der Waals surface area contributed by atoms with Gasteiger partial charge in [0.05, 0.1) is 13.5 Å². The van der Waals surface area contributed by atoms with Crippen LogP contribution in [0, 0.1) is 0 Å². The SMILES string of the molecule is COc1ccccc1CC(=O)Nc1cccc(OCC(N)=O)c1. The Morgan fingerprint density at radius 2 is 1.91 bits per heavy atom. The maximum Gasteiger partial charge on any atom is 0.255 e. The first kappa shape index (κ1) is 16.4. The molecule has 0 atom stereocenters. The Morgan fingerprint density at radius 3 is 2.65 bits per heavy atom. The van der Waals surface area contributed by atoms with Crippen LogP contribution in [0.4, 0.5) is 5.69 Å². The van der Waals surface area contributed by atoms with Crippen molar-refractivity contribution in [3.05, 3.63) is 54.1 Å². The van der Waals surface area contributed by atoms with Crippen LogP contribution in [0.3, 0.4) is 0 Å². The molecule has 0 aliphatic rings. The molecule has 6 heteroatoms. The molecule has 0 aliphatic carbocycles. The van der Waals surface area contributed by atoms with Crippen molar-refractivity contribution in [2.45, 2.75) is 6.42 Å². The summed E-state index contributed by atoms with van der Waals surface area (Å²) in [4.78, 5) is 22.9. The maximum absolute atomic E-state index is 12.1. The van der Waals surface area contributed by atoms with Crippen LogP contribution in [-0.4, -0.2) is 25.5 Å². The zero-order chi connectivity index (χ0) is 16.7. The summed E-state index contributed by atoms with van der Waals surface area (Å²) in [5.41, 5.74) is 6.40. The third-order valence-electron chi connectivity index (χ3n) is 3.04. The third-order valence-corrected chi connectivity index (χ3v) is 3.04. The number of carbonyl (C=O) groups excluding carboxylic acids is 2. The van der Waals surface area contributed by atoms with Crippen LogP contribution in [0.15, 0.2) is 48.5 Å². The lowest BCUT2D eigenvalue weighted by Crippen LogP contribution is -2.20. The van der Waals surface area contributed by atoms with Crippen LogP contribution in [0.1, 0.15) is 5.56 Å². The van der Waals surface area contributed by atoms with Gasteiger partial charge in [0.1, 0.15) is 11.5 Å². The van der Waals surface area contributed by atoms with Crippen LogP contribution >= 0.6 is 0 Å². The van der Waals surface area contributed by atoms with Crippen LogP contribution < -0.4 is 20.5 Å². The van der Waals surface area contributed by atoms with Gasteiger partial charge < -0.3 is 20.5 Å². The van der Waals surface area contributed by atoms with Gasteiger partial charge in [-0.3, -0.25) is 9.59 Å². The first-order chi connectivity index (χ1) is 11.1. The van der Waals surface area contributed by atoms with E-state index < -0.39 is 5.91 Å². The predicted octanol–water partition coefficient (Wildman–Crippen LogP) is 1.74. The summed E-state index contributed by atoms with van der Waals surface area (Å²) in [7, 11) is 1.57. The second-order valence-corrected chi connectivity index (χ2v) is 4.82.